The fraction of sp³-hybridized carbons (Fsp3) is 0.294. The van der Waals surface area contributed by atoms with Crippen LogP contribution < -0.4 is 10.1 Å². The third-order valence-corrected chi connectivity index (χ3v) is 4.24. The van der Waals surface area contributed by atoms with E-state index in [9.17, 15) is 4.39 Å². The zero-order chi connectivity index (χ0) is 15.0. The predicted molar refractivity (Wildman–Crippen MR) is 86.2 cm³/mol. The molecule has 4 heteroatoms. The molecule has 0 saturated heterocycles. The highest BCUT2D eigenvalue weighted by molar-refractivity contribution is 9.10. The highest BCUT2D eigenvalue weighted by atomic mass is 79.9. The number of nitrogens with one attached hydrogen (secondary N) is 1. The number of ether oxygens (including phenoxy) is 1. The molecule has 0 aromatic heterocycles. The Kier molecular flexibility index (Phi) is 3.66. The third kappa shape index (κ3) is 3.05. The van der Waals surface area contributed by atoms with E-state index < -0.39 is 0 Å². The predicted octanol–water partition coefficient (Wildman–Crippen LogP) is 5.30. The van der Waals surface area contributed by atoms with Crippen molar-refractivity contribution < 1.29 is 9.13 Å². The molecule has 0 aliphatic carbocycles. The first-order valence-corrected chi connectivity index (χ1v) is 7.73. The summed E-state index contributed by atoms with van der Waals surface area (Å²) in [4.78, 5) is 0. The summed E-state index contributed by atoms with van der Waals surface area (Å²) in [5, 5.41) is 3.48. The summed E-state index contributed by atoms with van der Waals surface area (Å²) in [6, 6.07) is 13.2. The first-order valence-electron chi connectivity index (χ1n) is 6.94. The van der Waals surface area contributed by atoms with Crippen LogP contribution in [0.3, 0.4) is 0 Å². The molecule has 0 saturated carbocycles. The first-order chi connectivity index (χ1) is 9.94. The molecule has 110 valence electrons. The van der Waals surface area contributed by atoms with Crippen molar-refractivity contribution in [3.05, 3.63) is 58.3 Å². The Bertz CT molecular complexity index is 672. The van der Waals surface area contributed by atoms with Crippen molar-refractivity contribution in [3.8, 4) is 5.75 Å². The van der Waals surface area contributed by atoms with E-state index in [2.05, 4.69) is 41.2 Å². The SMILES string of the molecule is CC1(C)CC(Nc2ccc(F)c(Br)c2)c2ccccc2O1. The van der Waals surface area contributed by atoms with Crippen molar-refractivity contribution in [2.75, 3.05) is 5.32 Å². The lowest BCUT2D eigenvalue weighted by atomic mass is 9.89. The van der Waals surface area contributed by atoms with Gasteiger partial charge in [-0.05, 0) is 54.0 Å². The van der Waals surface area contributed by atoms with E-state index in [1.807, 2.05) is 18.2 Å². The second-order valence-corrected chi connectivity index (χ2v) is 6.78. The molecule has 0 bridgehead atoms. The van der Waals surface area contributed by atoms with Crippen LogP contribution in [-0.2, 0) is 0 Å². The number of fused-ring (bicyclic) bond motifs is 1. The van der Waals surface area contributed by atoms with E-state index in [4.69, 9.17) is 4.74 Å². The smallest absolute Gasteiger partial charge is 0.137 e. The second kappa shape index (κ2) is 5.34. The molecular weight excluding hydrogens is 333 g/mol. The molecule has 0 spiro atoms. The van der Waals surface area contributed by atoms with Crippen LogP contribution in [0.1, 0.15) is 31.9 Å². The summed E-state index contributed by atoms with van der Waals surface area (Å²) < 4.78 is 19.8. The van der Waals surface area contributed by atoms with E-state index in [-0.39, 0.29) is 17.5 Å². The van der Waals surface area contributed by atoms with Crippen molar-refractivity contribution in [2.45, 2.75) is 31.9 Å². The highest BCUT2D eigenvalue weighted by Gasteiger charge is 2.33. The van der Waals surface area contributed by atoms with Crippen molar-refractivity contribution in [2.24, 2.45) is 0 Å². The lowest BCUT2D eigenvalue weighted by Crippen LogP contribution is -2.37. The third-order valence-electron chi connectivity index (χ3n) is 3.64. The molecule has 0 fully saturated rings. The maximum atomic E-state index is 13.3. The second-order valence-electron chi connectivity index (χ2n) is 5.93. The van der Waals surface area contributed by atoms with Gasteiger partial charge in [0.05, 0.1) is 10.5 Å². The van der Waals surface area contributed by atoms with Crippen LogP contribution >= 0.6 is 15.9 Å². The van der Waals surface area contributed by atoms with Crippen molar-refractivity contribution in [3.63, 3.8) is 0 Å². The quantitative estimate of drug-likeness (QED) is 0.793. The minimum atomic E-state index is -0.256. The highest BCUT2D eigenvalue weighted by Crippen LogP contribution is 2.41. The van der Waals surface area contributed by atoms with E-state index >= 15 is 0 Å². The lowest BCUT2D eigenvalue weighted by molar-refractivity contribution is 0.0759. The monoisotopic (exact) mass is 349 g/mol. The van der Waals surface area contributed by atoms with Gasteiger partial charge < -0.3 is 10.1 Å². The standard InChI is InChI=1S/C17H17BrFNO/c1-17(2)10-15(12-5-3-4-6-16(12)21-17)20-11-7-8-14(19)13(18)9-11/h3-9,15,20H,10H2,1-2H3. The molecule has 2 aromatic rings. The van der Waals surface area contributed by atoms with Gasteiger partial charge >= 0.3 is 0 Å². The van der Waals surface area contributed by atoms with Gasteiger partial charge in [0.1, 0.15) is 17.2 Å². The van der Waals surface area contributed by atoms with Gasteiger partial charge in [0.15, 0.2) is 0 Å². The first kappa shape index (κ1) is 14.4. The number of rotatable bonds is 2. The molecule has 1 atom stereocenters. The number of benzene rings is 2. The molecule has 1 N–H and O–H groups in total. The zero-order valence-corrected chi connectivity index (χ0v) is 13.6. The van der Waals surface area contributed by atoms with E-state index in [1.165, 1.54) is 6.07 Å². The molecule has 0 amide bonds. The average molecular weight is 350 g/mol. The van der Waals surface area contributed by atoms with Gasteiger partial charge in [-0.25, -0.2) is 4.39 Å². The maximum absolute atomic E-state index is 13.3. The van der Waals surface area contributed by atoms with Crippen molar-refractivity contribution in [1.82, 2.24) is 0 Å². The van der Waals surface area contributed by atoms with Crippen LogP contribution in [0.5, 0.6) is 5.75 Å². The summed E-state index contributed by atoms with van der Waals surface area (Å²) in [6.45, 7) is 4.16. The fourth-order valence-electron chi connectivity index (χ4n) is 2.72. The van der Waals surface area contributed by atoms with Crippen molar-refractivity contribution >= 4 is 21.6 Å². The fourth-order valence-corrected chi connectivity index (χ4v) is 3.10. The van der Waals surface area contributed by atoms with Gasteiger partial charge in [-0.15, -0.1) is 0 Å². The number of hydrogen-bond acceptors (Lipinski definition) is 2. The summed E-state index contributed by atoms with van der Waals surface area (Å²) >= 11 is 3.23. The molecule has 1 unspecified atom stereocenters. The van der Waals surface area contributed by atoms with Gasteiger partial charge in [0.2, 0.25) is 0 Å². The number of hydrogen-bond donors (Lipinski definition) is 1. The summed E-state index contributed by atoms with van der Waals surface area (Å²) in [5.74, 6) is 0.653. The normalized spacial score (nSPS) is 19.5. The molecule has 0 radical (unpaired) electrons. The molecule has 3 rings (SSSR count). The minimum Gasteiger partial charge on any atom is -0.487 e. The van der Waals surface area contributed by atoms with Crippen LogP contribution in [0.2, 0.25) is 0 Å². The molecule has 1 aliphatic rings. The number of anilines is 1. The molecular formula is C17H17BrFNO. The summed E-state index contributed by atoms with van der Waals surface area (Å²) in [7, 11) is 0. The Balaban J connectivity index is 1.92. The van der Waals surface area contributed by atoms with E-state index in [1.54, 1.807) is 12.1 Å². The largest absolute Gasteiger partial charge is 0.487 e. The summed E-state index contributed by atoms with van der Waals surface area (Å²) in [6.07, 6.45) is 0.846. The minimum absolute atomic E-state index is 0.141. The van der Waals surface area contributed by atoms with Gasteiger partial charge in [0, 0.05) is 17.7 Å². The Morgan fingerprint density at radius 1 is 1.24 bits per heavy atom. The lowest BCUT2D eigenvalue weighted by Gasteiger charge is -2.38. The Labute approximate surface area is 132 Å². The van der Waals surface area contributed by atoms with Gasteiger partial charge in [-0.2, -0.15) is 0 Å². The number of halogens is 2. The van der Waals surface area contributed by atoms with Crippen molar-refractivity contribution in [1.29, 1.82) is 0 Å². The molecule has 1 heterocycles. The van der Waals surface area contributed by atoms with Crippen LogP contribution in [0, 0.1) is 5.82 Å². The zero-order valence-electron chi connectivity index (χ0n) is 12.0. The van der Waals surface area contributed by atoms with Crippen LogP contribution in [0.15, 0.2) is 46.9 Å². The molecule has 2 nitrogen and oxygen atoms in total. The van der Waals surface area contributed by atoms with E-state index in [0.717, 1.165) is 23.4 Å². The van der Waals surface area contributed by atoms with Gasteiger partial charge in [-0.3, -0.25) is 0 Å². The molecule has 2 aromatic carbocycles. The van der Waals surface area contributed by atoms with Gasteiger partial charge in [0.25, 0.3) is 0 Å². The molecule has 1 aliphatic heterocycles. The van der Waals surface area contributed by atoms with Crippen LogP contribution in [0.25, 0.3) is 0 Å². The molecule has 21 heavy (non-hydrogen) atoms. The Morgan fingerprint density at radius 3 is 2.76 bits per heavy atom. The van der Waals surface area contributed by atoms with Crippen LogP contribution in [0.4, 0.5) is 10.1 Å². The maximum Gasteiger partial charge on any atom is 0.137 e. The van der Waals surface area contributed by atoms with Crippen LogP contribution in [-0.4, -0.2) is 5.60 Å². The Morgan fingerprint density at radius 2 is 2.00 bits per heavy atom. The van der Waals surface area contributed by atoms with E-state index in [0.29, 0.717) is 4.47 Å². The Hall–Kier alpha value is -1.55. The topological polar surface area (TPSA) is 21.3 Å². The summed E-state index contributed by atoms with van der Waals surface area (Å²) in [5.41, 5.74) is 1.79. The van der Waals surface area contributed by atoms with Gasteiger partial charge in [-0.1, -0.05) is 18.2 Å². The average Bonchev–Trinajstić information content (AvgIpc) is 2.42. The number of para-hydroxylation sites is 1.